The Hall–Kier alpha value is -2.21. The number of hydrogen-bond acceptors (Lipinski definition) is 6. The standard InChI is InChI=1S/C11H14N6/c1-17(8-9-3-2-5-13-7-9)10-4-6-14-11(15-10)16-12/h2-7H,8,12H2,1H3,(H,14,15,16). The molecule has 2 aromatic heterocycles. The summed E-state index contributed by atoms with van der Waals surface area (Å²) in [4.78, 5) is 14.3. The molecule has 0 saturated heterocycles. The molecular weight excluding hydrogens is 216 g/mol. The van der Waals surface area contributed by atoms with Gasteiger partial charge in [0.05, 0.1) is 0 Å². The van der Waals surface area contributed by atoms with Crippen molar-refractivity contribution in [3.63, 3.8) is 0 Å². The maximum atomic E-state index is 5.27. The van der Waals surface area contributed by atoms with Crippen LogP contribution in [-0.4, -0.2) is 22.0 Å². The highest BCUT2D eigenvalue weighted by Gasteiger charge is 2.04. The molecule has 0 amide bonds. The Bertz CT molecular complexity index is 472. The molecule has 0 aliphatic carbocycles. The van der Waals surface area contributed by atoms with Gasteiger partial charge in [0, 0.05) is 32.2 Å². The predicted molar refractivity (Wildman–Crippen MR) is 66.2 cm³/mol. The number of hydrazine groups is 1. The van der Waals surface area contributed by atoms with Gasteiger partial charge in [0.15, 0.2) is 0 Å². The number of nitrogens with two attached hydrogens (primary N) is 1. The number of aromatic nitrogens is 3. The van der Waals surface area contributed by atoms with Crippen molar-refractivity contribution in [1.82, 2.24) is 15.0 Å². The fourth-order valence-electron chi connectivity index (χ4n) is 1.48. The van der Waals surface area contributed by atoms with Crippen LogP contribution < -0.4 is 16.2 Å². The van der Waals surface area contributed by atoms with E-state index in [1.807, 2.05) is 36.3 Å². The van der Waals surface area contributed by atoms with Gasteiger partial charge < -0.3 is 4.90 Å². The van der Waals surface area contributed by atoms with Crippen LogP contribution in [0.2, 0.25) is 0 Å². The van der Waals surface area contributed by atoms with Gasteiger partial charge in [0.25, 0.3) is 0 Å². The van der Waals surface area contributed by atoms with Crippen LogP contribution in [0.25, 0.3) is 0 Å². The number of pyridine rings is 1. The smallest absolute Gasteiger partial charge is 0.239 e. The van der Waals surface area contributed by atoms with E-state index in [1.165, 1.54) is 0 Å². The largest absolute Gasteiger partial charge is 0.355 e. The van der Waals surface area contributed by atoms with Crippen LogP contribution in [0.3, 0.4) is 0 Å². The van der Waals surface area contributed by atoms with Crippen LogP contribution in [0.4, 0.5) is 11.8 Å². The Balaban J connectivity index is 2.11. The highest BCUT2D eigenvalue weighted by Crippen LogP contribution is 2.12. The molecule has 0 radical (unpaired) electrons. The minimum atomic E-state index is 0.403. The third-order valence-corrected chi connectivity index (χ3v) is 2.30. The average Bonchev–Trinajstić information content (AvgIpc) is 2.40. The summed E-state index contributed by atoms with van der Waals surface area (Å²) < 4.78 is 0. The number of nitrogens with one attached hydrogen (secondary N) is 1. The van der Waals surface area contributed by atoms with Crippen molar-refractivity contribution in [2.24, 2.45) is 5.84 Å². The van der Waals surface area contributed by atoms with Crippen molar-refractivity contribution in [3.05, 3.63) is 42.4 Å². The first kappa shape index (κ1) is 11.3. The van der Waals surface area contributed by atoms with Gasteiger partial charge in [-0.2, -0.15) is 4.98 Å². The molecule has 6 nitrogen and oxygen atoms in total. The summed E-state index contributed by atoms with van der Waals surface area (Å²) >= 11 is 0. The zero-order chi connectivity index (χ0) is 12.1. The van der Waals surface area contributed by atoms with E-state index < -0.39 is 0 Å². The van der Waals surface area contributed by atoms with Crippen molar-refractivity contribution in [3.8, 4) is 0 Å². The van der Waals surface area contributed by atoms with Crippen molar-refractivity contribution >= 4 is 11.8 Å². The van der Waals surface area contributed by atoms with Crippen LogP contribution in [0, 0.1) is 0 Å². The van der Waals surface area contributed by atoms with Crippen molar-refractivity contribution in [2.75, 3.05) is 17.4 Å². The van der Waals surface area contributed by atoms with Crippen LogP contribution in [0.1, 0.15) is 5.56 Å². The molecule has 0 bridgehead atoms. The van der Waals surface area contributed by atoms with Gasteiger partial charge in [-0.25, -0.2) is 10.8 Å². The number of rotatable bonds is 4. The summed E-state index contributed by atoms with van der Waals surface area (Å²) in [6.45, 7) is 0.731. The van der Waals surface area contributed by atoms with E-state index in [-0.39, 0.29) is 0 Å². The van der Waals surface area contributed by atoms with Gasteiger partial charge >= 0.3 is 0 Å². The second-order valence-electron chi connectivity index (χ2n) is 3.60. The Kier molecular flexibility index (Phi) is 3.46. The minimum Gasteiger partial charge on any atom is -0.355 e. The van der Waals surface area contributed by atoms with Gasteiger partial charge in [-0.15, -0.1) is 0 Å². The van der Waals surface area contributed by atoms with E-state index in [0.717, 1.165) is 17.9 Å². The zero-order valence-electron chi connectivity index (χ0n) is 9.54. The zero-order valence-corrected chi connectivity index (χ0v) is 9.54. The first-order valence-corrected chi connectivity index (χ1v) is 5.19. The van der Waals surface area contributed by atoms with E-state index in [0.29, 0.717) is 5.95 Å². The molecule has 0 saturated carbocycles. The minimum absolute atomic E-state index is 0.403. The van der Waals surface area contributed by atoms with Crippen molar-refractivity contribution in [1.29, 1.82) is 0 Å². The third-order valence-electron chi connectivity index (χ3n) is 2.30. The van der Waals surface area contributed by atoms with Crippen LogP contribution >= 0.6 is 0 Å². The molecule has 2 rings (SSSR count). The Labute approximate surface area is 99.5 Å². The summed E-state index contributed by atoms with van der Waals surface area (Å²) in [6, 6.07) is 5.76. The molecule has 2 heterocycles. The summed E-state index contributed by atoms with van der Waals surface area (Å²) in [5, 5.41) is 0. The molecule has 0 atom stereocenters. The number of nitrogen functional groups attached to an aromatic ring is 1. The lowest BCUT2D eigenvalue weighted by Gasteiger charge is -2.18. The maximum Gasteiger partial charge on any atom is 0.239 e. The SMILES string of the molecule is CN(Cc1cccnc1)c1ccnc(NN)n1. The number of nitrogens with zero attached hydrogens (tertiary/aromatic N) is 4. The van der Waals surface area contributed by atoms with Crippen LogP contribution in [-0.2, 0) is 6.54 Å². The Morgan fingerprint density at radius 1 is 1.35 bits per heavy atom. The molecule has 0 aliphatic rings. The Morgan fingerprint density at radius 2 is 2.24 bits per heavy atom. The normalized spacial score (nSPS) is 10.0. The van der Waals surface area contributed by atoms with E-state index in [2.05, 4.69) is 20.4 Å². The second kappa shape index (κ2) is 5.22. The first-order valence-electron chi connectivity index (χ1n) is 5.19. The Morgan fingerprint density at radius 3 is 2.94 bits per heavy atom. The summed E-state index contributed by atoms with van der Waals surface area (Å²) in [7, 11) is 1.95. The fraction of sp³-hybridized carbons (Fsp3) is 0.182. The molecule has 0 fully saturated rings. The molecule has 17 heavy (non-hydrogen) atoms. The van der Waals surface area contributed by atoms with E-state index >= 15 is 0 Å². The number of hydrogen-bond donors (Lipinski definition) is 2. The lowest BCUT2D eigenvalue weighted by molar-refractivity contribution is 0.885. The highest BCUT2D eigenvalue weighted by molar-refractivity contribution is 5.41. The van der Waals surface area contributed by atoms with Gasteiger partial charge in [0.1, 0.15) is 5.82 Å². The van der Waals surface area contributed by atoms with Gasteiger partial charge in [-0.05, 0) is 17.7 Å². The second-order valence-corrected chi connectivity index (χ2v) is 3.60. The van der Waals surface area contributed by atoms with E-state index in [9.17, 15) is 0 Å². The molecule has 0 aliphatic heterocycles. The van der Waals surface area contributed by atoms with Gasteiger partial charge in [-0.3, -0.25) is 10.4 Å². The van der Waals surface area contributed by atoms with Crippen LogP contribution in [0.15, 0.2) is 36.8 Å². The first-order chi connectivity index (χ1) is 8.29. The molecule has 0 spiro atoms. The quantitative estimate of drug-likeness (QED) is 0.597. The highest BCUT2D eigenvalue weighted by atomic mass is 15.3. The topological polar surface area (TPSA) is 80.0 Å². The summed E-state index contributed by atoms with van der Waals surface area (Å²) in [5.74, 6) is 6.47. The lowest BCUT2D eigenvalue weighted by Crippen LogP contribution is -2.19. The van der Waals surface area contributed by atoms with Gasteiger partial charge in [0.2, 0.25) is 5.95 Å². The van der Waals surface area contributed by atoms with Crippen LogP contribution in [0.5, 0.6) is 0 Å². The lowest BCUT2D eigenvalue weighted by atomic mass is 10.3. The fourth-order valence-corrected chi connectivity index (χ4v) is 1.48. The predicted octanol–water partition coefficient (Wildman–Crippen LogP) is 0.794. The van der Waals surface area contributed by atoms with Gasteiger partial charge in [-0.1, -0.05) is 6.07 Å². The number of anilines is 2. The average molecular weight is 230 g/mol. The van der Waals surface area contributed by atoms with Crippen molar-refractivity contribution < 1.29 is 0 Å². The molecule has 2 aromatic rings. The summed E-state index contributed by atoms with van der Waals surface area (Å²) in [5.41, 5.74) is 3.55. The van der Waals surface area contributed by atoms with E-state index in [1.54, 1.807) is 12.4 Å². The third kappa shape index (κ3) is 2.88. The monoisotopic (exact) mass is 230 g/mol. The molecule has 0 unspecified atom stereocenters. The van der Waals surface area contributed by atoms with Crippen molar-refractivity contribution in [2.45, 2.75) is 6.54 Å². The summed E-state index contributed by atoms with van der Waals surface area (Å²) in [6.07, 6.45) is 5.25. The molecule has 6 heteroatoms. The maximum absolute atomic E-state index is 5.27. The van der Waals surface area contributed by atoms with E-state index in [4.69, 9.17) is 5.84 Å². The molecule has 88 valence electrons. The molecule has 3 N–H and O–H groups in total. The molecule has 0 aromatic carbocycles. The molecular formula is C11H14N6.